The Hall–Kier alpha value is -3.53. The first-order valence-corrected chi connectivity index (χ1v) is 11.4. The zero-order chi connectivity index (χ0) is 27.2. The third-order valence-corrected chi connectivity index (χ3v) is 5.51. The number of nitrogens with zero attached hydrogens (tertiary/aromatic N) is 5. The number of rotatable bonds is 10. The molecule has 3 aromatic rings. The SMILES string of the molecule is Cc1nsc(Nc2cnc(C(F)(F)F)cn2)c1C(=O)Nc1ccc(OCCCN(C)CC(F)(F)F)nc1. The number of aromatic nitrogens is 4. The average molecular weight is 550 g/mol. The van der Waals surface area contributed by atoms with Crippen molar-refractivity contribution in [1.29, 1.82) is 0 Å². The van der Waals surface area contributed by atoms with Gasteiger partial charge in [0.1, 0.15) is 10.8 Å². The van der Waals surface area contributed by atoms with E-state index in [1.54, 1.807) is 6.92 Å². The van der Waals surface area contributed by atoms with Gasteiger partial charge in [-0.05, 0) is 38.0 Å². The van der Waals surface area contributed by atoms with Gasteiger partial charge in [-0.3, -0.25) is 9.69 Å². The maximum absolute atomic E-state index is 12.8. The highest BCUT2D eigenvalue weighted by Gasteiger charge is 2.33. The molecule has 0 aliphatic heterocycles. The molecule has 200 valence electrons. The summed E-state index contributed by atoms with van der Waals surface area (Å²) in [5, 5.41) is 5.65. The van der Waals surface area contributed by atoms with Crippen molar-refractivity contribution in [3.05, 3.63) is 47.7 Å². The molecule has 3 rings (SSSR count). The second kappa shape index (κ2) is 11.7. The summed E-state index contributed by atoms with van der Waals surface area (Å²) >= 11 is 0.925. The van der Waals surface area contributed by atoms with Gasteiger partial charge in [-0.2, -0.15) is 30.7 Å². The minimum atomic E-state index is -4.63. The van der Waals surface area contributed by atoms with Crippen molar-refractivity contribution >= 4 is 33.9 Å². The van der Waals surface area contributed by atoms with Crippen LogP contribution in [0.3, 0.4) is 0 Å². The summed E-state index contributed by atoms with van der Waals surface area (Å²) in [5.74, 6) is -0.316. The lowest BCUT2D eigenvalue weighted by Crippen LogP contribution is -2.32. The second-order valence-electron chi connectivity index (χ2n) is 7.78. The van der Waals surface area contributed by atoms with Crippen molar-refractivity contribution in [3.8, 4) is 5.88 Å². The summed E-state index contributed by atoms with van der Waals surface area (Å²) in [7, 11) is 1.37. The summed E-state index contributed by atoms with van der Waals surface area (Å²) < 4.78 is 84.5. The fraction of sp³-hybridized carbons (Fsp3) is 0.381. The number of ether oxygens (including phenoxy) is 1. The Balaban J connectivity index is 1.55. The molecular formula is C21H21F6N7O2S. The molecule has 0 bridgehead atoms. The molecule has 0 unspecified atom stereocenters. The van der Waals surface area contributed by atoms with E-state index in [2.05, 4.69) is 30.0 Å². The Bertz CT molecular complexity index is 1180. The number of amides is 1. The molecule has 0 fully saturated rings. The number of carbonyl (C=O) groups excluding carboxylic acids is 1. The Morgan fingerprint density at radius 1 is 1.08 bits per heavy atom. The van der Waals surface area contributed by atoms with Crippen LogP contribution < -0.4 is 15.4 Å². The summed E-state index contributed by atoms with van der Waals surface area (Å²) in [6, 6.07) is 3.02. The van der Waals surface area contributed by atoms with Crippen molar-refractivity contribution in [3.63, 3.8) is 0 Å². The first kappa shape index (κ1) is 28.0. The third kappa shape index (κ3) is 8.52. The maximum atomic E-state index is 12.8. The smallest absolute Gasteiger partial charge is 0.434 e. The number of hydrogen-bond acceptors (Lipinski definition) is 9. The average Bonchev–Trinajstić information content (AvgIpc) is 3.16. The molecule has 9 nitrogen and oxygen atoms in total. The minimum absolute atomic E-state index is 0.00142. The summed E-state index contributed by atoms with van der Waals surface area (Å²) in [6.07, 6.45) is -5.72. The Morgan fingerprint density at radius 2 is 1.84 bits per heavy atom. The number of nitrogens with one attached hydrogen (secondary N) is 2. The van der Waals surface area contributed by atoms with E-state index in [0.29, 0.717) is 24.0 Å². The molecule has 37 heavy (non-hydrogen) atoms. The van der Waals surface area contributed by atoms with Crippen LogP contribution in [0.1, 0.15) is 28.2 Å². The highest BCUT2D eigenvalue weighted by Crippen LogP contribution is 2.30. The normalized spacial score (nSPS) is 12.0. The van der Waals surface area contributed by atoms with Crippen molar-refractivity contribution in [2.75, 3.05) is 37.4 Å². The summed E-state index contributed by atoms with van der Waals surface area (Å²) in [5.41, 5.74) is -0.276. The van der Waals surface area contributed by atoms with Crippen molar-refractivity contribution in [1.82, 2.24) is 24.2 Å². The first-order chi connectivity index (χ1) is 17.3. The van der Waals surface area contributed by atoms with Gasteiger partial charge in [-0.25, -0.2) is 15.0 Å². The fourth-order valence-electron chi connectivity index (χ4n) is 3.01. The number of pyridine rings is 1. The van der Waals surface area contributed by atoms with Crippen molar-refractivity contribution in [2.24, 2.45) is 0 Å². The number of hydrogen-bond donors (Lipinski definition) is 2. The monoisotopic (exact) mass is 549 g/mol. The zero-order valence-electron chi connectivity index (χ0n) is 19.4. The van der Waals surface area contributed by atoms with Gasteiger partial charge in [-0.15, -0.1) is 0 Å². The van der Waals surface area contributed by atoms with E-state index in [-0.39, 0.29) is 35.4 Å². The predicted molar refractivity (Wildman–Crippen MR) is 123 cm³/mol. The van der Waals surface area contributed by atoms with Gasteiger partial charge in [0, 0.05) is 12.6 Å². The molecule has 0 aromatic carbocycles. The quantitative estimate of drug-likeness (QED) is 0.272. The van der Waals surface area contributed by atoms with E-state index < -0.39 is 30.5 Å². The predicted octanol–water partition coefficient (Wildman–Crippen LogP) is 4.91. The van der Waals surface area contributed by atoms with Crippen LogP contribution in [0.15, 0.2) is 30.7 Å². The topological polar surface area (TPSA) is 105 Å². The van der Waals surface area contributed by atoms with E-state index in [0.717, 1.165) is 22.6 Å². The lowest BCUT2D eigenvalue weighted by molar-refractivity contribution is -0.143. The number of aryl methyl sites for hydroxylation is 1. The molecule has 0 saturated carbocycles. The van der Waals surface area contributed by atoms with Gasteiger partial charge in [0.15, 0.2) is 5.69 Å². The van der Waals surface area contributed by atoms with Gasteiger partial charge in [-0.1, -0.05) is 0 Å². The molecule has 16 heteroatoms. The van der Waals surface area contributed by atoms with Crippen LogP contribution in [0.25, 0.3) is 0 Å². The van der Waals surface area contributed by atoms with Crippen LogP contribution in [-0.4, -0.2) is 63.1 Å². The van der Waals surface area contributed by atoms with E-state index in [4.69, 9.17) is 4.74 Å². The van der Waals surface area contributed by atoms with Crippen LogP contribution in [0.4, 0.5) is 42.8 Å². The van der Waals surface area contributed by atoms with Crippen molar-refractivity contribution in [2.45, 2.75) is 25.7 Å². The lowest BCUT2D eigenvalue weighted by Gasteiger charge is -2.18. The Kier molecular flexibility index (Phi) is 8.85. The number of anilines is 3. The molecule has 3 aromatic heterocycles. The van der Waals surface area contributed by atoms with Crippen LogP contribution >= 0.6 is 11.5 Å². The van der Waals surface area contributed by atoms with Crippen LogP contribution in [0.2, 0.25) is 0 Å². The Morgan fingerprint density at radius 3 is 2.43 bits per heavy atom. The van der Waals surface area contributed by atoms with Crippen LogP contribution in [-0.2, 0) is 6.18 Å². The Labute approximate surface area is 211 Å². The highest BCUT2D eigenvalue weighted by molar-refractivity contribution is 7.10. The molecule has 0 spiro atoms. The van der Waals surface area contributed by atoms with E-state index in [1.165, 1.54) is 25.4 Å². The lowest BCUT2D eigenvalue weighted by atomic mass is 10.2. The summed E-state index contributed by atoms with van der Waals surface area (Å²) in [4.78, 5) is 25.0. The van der Waals surface area contributed by atoms with E-state index in [9.17, 15) is 31.1 Å². The molecule has 2 N–H and O–H groups in total. The van der Waals surface area contributed by atoms with Crippen LogP contribution in [0.5, 0.6) is 5.88 Å². The summed E-state index contributed by atoms with van der Waals surface area (Å²) in [6.45, 7) is 0.933. The van der Waals surface area contributed by atoms with Crippen LogP contribution in [0, 0.1) is 6.92 Å². The van der Waals surface area contributed by atoms with Gasteiger partial charge < -0.3 is 15.4 Å². The standard InChI is InChI=1S/C21H21F6N7O2S/c1-12-17(19(37-33-12)32-15-10-28-14(9-29-15)21(25,26)27)18(35)31-13-4-5-16(30-8-13)36-7-3-6-34(2)11-20(22,23)24/h4-5,8-10H,3,6-7,11H2,1-2H3,(H,29,32)(H,31,35). The molecule has 0 radical (unpaired) electrons. The zero-order valence-corrected chi connectivity index (χ0v) is 20.3. The van der Waals surface area contributed by atoms with Crippen molar-refractivity contribution < 1.29 is 35.9 Å². The largest absolute Gasteiger partial charge is 0.478 e. The second-order valence-corrected chi connectivity index (χ2v) is 8.55. The number of halogens is 6. The highest BCUT2D eigenvalue weighted by atomic mass is 32.1. The van der Waals surface area contributed by atoms with Gasteiger partial charge in [0.25, 0.3) is 5.91 Å². The minimum Gasteiger partial charge on any atom is -0.478 e. The maximum Gasteiger partial charge on any atom is 0.434 e. The van der Waals surface area contributed by atoms with Gasteiger partial charge >= 0.3 is 12.4 Å². The molecule has 3 heterocycles. The molecule has 0 aliphatic rings. The number of carbonyl (C=O) groups is 1. The molecule has 0 atom stereocenters. The molecule has 0 aliphatic carbocycles. The van der Waals surface area contributed by atoms with E-state index >= 15 is 0 Å². The molecular weight excluding hydrogens is 528 g/mol. The third-order valence-electron chi connectivity index (χ3n) is 4.65. The first-order valence-electron chi connectivity index (χ1n) is 10.6. The number of alkyl halides is 6. The fourth-order valence-corrected chi connectivity index (χ4v) is 3.81. The molecule has 0 saturated heterocycles. The van der Waals surface area contributed by atoms with Gasteiger partial charge in [0.2, 0.25) is 5.88 Å². The van der Waals surface area contributed by atoms with Gasteiger partial charge in [0.05, 0.1) is 48.7 Å². The molecule has 1 amide bonds. The van der Waals surface area contributed by atoms with E-state index in [1.807, 2.05) is 0 Å².